The van der Waals surface area contributed by atoms with E-state index in [1.165, 1.54) is 0 Å². The van der Waals surface area contributed by atoms with E-state index in [9.17, 15) is 4.79 Å². The summed E-state index contributed by atoms with van der Waals surface area (Å²) in [5, 5.41) is 0. The average Bonchev–Trinajstić information content (AvgIpc) is 3.04. The highest BCUT2D eigenvalue weighted by Crippen LogP contribution is 2.15. The van der Waals surface area contributed by atoms with E-state index in [4.69, 9.17) is 0 Å². The molecule has 0 spiro atoms. The summed E-state index contributed by atoms with van der Waals surface area (Å²) in [7, 11) is 4.16. The van der Waals surface area contributed by atoms with Crippen molar-refractivity contribution < 1.29 is 4.79 Å². The zero-order valence-electron chi connectivity index (χ0n) is 12.2. The van der Waals surface area contributed by atoms with Gasteiger partial charge < -0.3 is 14.4 Å². The molecule has 1 atom stereocenters. The lowest BCUT2D eigenvalue weighted by Gasteiger charge is -2.20. The fourth-order valence-electron chi connectivity index (χ4n) is 2.62. The minimum absolute atomic E-state index is 0.259. The van der Waals surface area contributed by atoms with Crippen molar-refractivity contribution in [1.82, 2.24) is 19.4 Å². The highest BCUT2D eigenvalue weighted by atomic mass is 16.2. The van der Waals surface area contributed by atoms with Gasteiger partial charge in [-0.2, -0.15) is 0 Å². The Balaban J connectivity index is 1.82. The number of rotatable bonds is 5. The van der Waals surface area contributed by atoms with Gasteiger partial charge in [-0.15, -0.1) is 0 Å². The quantitative estimate of drug-likeness (QED) is 0.796. The van der Waals surface area contributed by atoms with Gasteiger partial charge >= 0.3 is 0 Å². The van der Waals surface area contributed by atoms with E-state index in [-0.39, 0.29) is 5.91 Å². The van der Waals surface area contributed by atoms with E-state index in [0.29, 0.717) is 12.5 Å². The summed E-state index contributed by atoms with van der Waals surface area (Å²) in [6, 6.07) is 0.515. The van der Waals surface area contributed by atoms with Crippen molar-refractivity contribution in [2.24, 2.45) is 0 Å². The third kappa shape index (κ3) is 3.35. The molecular formula is C14H24N4O. The SMILES string of the molecule is CCn1ccnc1CCC(=O)N1CCC(N(C)C)C1. The number of hydrogen-bond acceptors (Lipinski definition) is 3. The molecule has 1 aromatic rings. The lowest BCUT2D eigenvalue weighted by molar-refractivity contribution is -0.130. The molecule has 19 heavy (non-hydrogen) atoms. The maximum atomic E-state index is 12.2. The molecule has 106 valence electrons. The van der Waals surface area contributed by atoms with Crippen LogP contribution in [0.3, 0.4) is 0 Å². The van der Waals surface area contributed by atoms with E-state index >= 15 is 0 Å². The molecule has 1 aliphatic rings. The van der Waals surface area contributed by atoms with Crippen LogP contribution < -0.4 is 0 Å². The van der Waals surface area contributed by atoms with Crippen molar-refractivity contribution in [3.63, 3.8) is 0 Å². The summed E-state index contributed by atoms with van der Waals surface area (Å²) >= 11 is 0. The number of hydrogen-bond donors (Lipinski definition) is 0. The van der Waals surface area contributed by atoms with Gasteiger partial charge in [-0.1, -0.05) is 0 Å². The molecule has 0 aromatic carbocycles. The molecule has 5 nitrogen and oxygen atoms in total. The highest BCUT2D eigenvalue weighted by molar-refractivity contribution is 5.76. The van der Waals surface area contributed by atoms with Crippen LogP contribution in [0.5, 0.6) is 0 Å². The third-order valence-corrected chi connectivity index (χ3v) is 3.95. The number of aryl methyl sites for hydroxylation is 2. The zero-order valence-corrected chi connectivity index (χ0v) is 12.2. The van der Waals surface area contributed by atoms with Gasteiger partial charge in [-0.05, 0) is 27.4 Å². The molecule has 5 heteroatoms. The molecule has 0 N–H and O–H groups in total. The van der Waals surface area contributed by atoms with Gasteiger partial charge in [0.25, 0.3) is 0 Å². The van der Waals surface area contributed by atoms with E-state index in [0.717, 1.165) is 38.3 Å². The lowest BCUT2D eigenvalue weighted by Crippen LogP contribution is -2.34. The topological polar surface area (TPSA) is 41.4 Å². The van der Waals surface area contributed by atoms with Gasteiger partial charge in [0, 0.05) is 50.9 Å². The monoisotopic (exact) mass is 264 g/mol. The number of aromatic nitrogens is 2. The number of nitrogens with zero attached hydrogens (tertiary/aromatic N) is 4. The minimum Gasteiger partial charge on any atom is -0.341 e. The van der Waals surface area contributed by atoms with Crippen LogP contribution in [0.1, 0.15) is 25.6 Å². The third-order valence-electron chi connectivity index (χ3n) is 3.95. The number of carbonyl (C=O) groups excluding carboxylic acids is 1. The number of likely N-dealkylation sites (tertiary alicyclic amines) is 1. The summed E-state index contributed by atoms with van der Waals surface area (Å²) in [5.41, 5.74) is 0. The lowest BCUT2D eigenvalue weighted by atomic mass is 10.2. The van der Waals surface area contributed by atoms with Gasteiger partial charge in [-0.3, -0.25) is 4.79 Å². The van der Waals surface area contributed by atoms with Crippen molar-refractivity contribution in [1.29, 1.82) is 0 Å². The number of amides is 1. The minimum atomic E-state index is 0.259. The van der Waals surface area contributed by atoms with Crippen LogP contribution in [0, 0.1) is 0 Å². The van der Waals surface area contributed by atoms with Crippen molar-refractivity contribution in [3.05, 3.63) is 18.2 Å². The van der Waals surface area contributed by atoms with Gasteiger partial charge in [0.2, 0.25) is 5.91 Å². The van der Waals surface area contributed by atoms with Crippen LogP contribution in [0.25, 0.3) is 0 Å². The molecule has 1 saturated heterocycles. The van der Waals surface area contributed by atoms with Gasteiger partial charge in [-0.25, -0.2) is 4.98 Å². The molecule has 0 bridgehead atoms. The van der Waals surface area contributed by atoms with Gasteiger partial charge in [0.15, 0.2) is 0 Å². The first-order valence-corrected chi connectivity index (χ1v) is 7.06. The number of imidazole rings is 1. The van der Waals surface area contributed by atoms with Crippen molar-refractivity contribution in [3.8, 4) is 0 Å². The Morgan fingerprint density at radius 3 is 2.95 bits per heavy atom. The van der Waals surface area contributed by atoms with E-state index in [1.807, 2.05) is 11.1 Å². The molecule has 1 aliphatic heterocycles. The second-order valence-electron chi connectivity index (χ2n) is 5.38. The highest BCUT2D eigenvalue weighted by Gasteiger charge is 2.27. The van der Waals surface area contributed by atoms with Crippen molar-refractivity contribution in [2.75, 3.05) is 27.2 Å². The van der Waals surface area contributed by atoms with Crippen molar-refractivity contribution >= 4 is 5.91 Å². The average molecular weight is 264 g/mol. The predicted molar refractivity (Wildman–Crippen MR) is 74.9 cm³/mol. The molecular weight excluding hydrogens is 240 g/mol. The van der Waals surface area contributed by atoms with E-state index in [2.05, 4.69) is 35.5 Å². The first-order valence-electron chi connectivity index (χ1n) is 7.06. The molecule has 1 fully saturated rings. The van der Waals surface area contributed by atoms with Crippen molar-refractivity contribution in [2.45, 2.75) is 38.8 Å². The van der Waals surface area contributed by atoms with E-state index < -0.39 is 0 Å². The Hall–Kier alpha value is -1.36. The summed E-state index contributed by atoms with van der Waals surface area (Å²) in [4.78, 5) is 20.7. The van der Waals surface area contributed by atoms with Gasteiger partial charge in [0.1, 0.15) is 5.82 Å². The summed E-state index contributed by atoms with van der Waals surface area (Å²) in [6.45, 7) is 4.77. The second kappa shape index (κ2) is 6.19. The number of carbonyl (C=O) groups is 1. The van der Waals surface area contributed by atoms with Gasteiger partial charge in [0.05, 0.1) is 0 Å². The molecule has 0 saturated carbocycles. The van der Waals surface area contributed by atoms with E-state index in [1.54, 1.807) is 6.20 Å². The summed E-state index contributed by atoms with van der Waals surface area (Å²) in [6.07, 6.45) is 6.17. The Kier molecular flexibility index (Phi) is 4.58. The molecule has 2 rings (SSSR count). The zero-order chi connectivity index (χ0) is 13.8. The first-order chi connectivity index (χ1) is 9.11. The van der Waals surface area contributed by atoms with Crippen LogP contribution in [0.15, 0.2) is 12.4 Å². The van der Waals surface area contributed by atoms with Crippen LogP contribution in [0.4, 0.5) is 0 Å². The Labute approximate surface area is 115 Å². The maximum absolute atomic E-state index is 12.2. The largest absolute Gasteiger partial charge is 0.341 e. The maximum Gasteiger partial charge on any atom is 0.223 e. The van der Waals surface area contributed by atoms with Crippen LogP contribution in [-0.2, 0) is 17.8 Å². The Bertz CT molecular complexity index is 427. The summed E-state index contributed by atoms with van der Waals surface area (Å²) < 4.78 is 2.10. The fraction of sp³-hybridized carbons (Fsp3) is 0.714. The fourth-order valence-corrected chi connectivity index (χ4v) is 2.62. The smallest absolute Gasteiger partial charge is 0.223 e. The summed E-state index contributed by atoms with van der Waals surface area (Å²) in [5.74, 6) is 1.27. The normalized spacial score (nSPS) is 19.4. The Morgan fingerprint density at radius 1 is 1.53 bits per heavy atom. The van der Waals surface area contributed by atoms with Crippen LogP contribution >= 0.6 is 0 Å². The molecule has 1 unspecified atom stereocenters. The molecule has 2 heterocycles. The first kappa shape index (κ1) is 14.1. The Morgan fingerprint density at radius 2 is 2.32 bits per heavy atom. The molecule has 0 radical (unpaired) electrons. The molecule has 1 amide bonds. The van der Waals surface area contributed by atoms with Crippen LogP contribution in [-0.4, -0.2) is 58.5 Å². The van der Waals surface area contributed by atoms with Crippen LogP contribution in [0.2, 0.25) is 0 Å². The predicted octanol–water partition coefficient (Wildman–Crippen LogP) is 0.998. The molecule has 1 aromatic heterocycles. The standard InChI is InChI=1S/C14H24N4O/c1-4-17-10-8-15-13(17)5-6-14(19)18-9-7-12(11-18)16(2)3/h8,10,12H,4-7,9,11H2,1-3H3. The molecule has 0 aliphatic carbocycles. The second-order valence-corrected chi connectivity index (χ2v) is 5.38. The number of likely N-dealkylation sites (N-methyl/N-ethyl adjacent to an activating group) is 1.